The summed E-state index contributed by atoms with van der Waals surface area (Å²) in [5.41, 5.74) is 22.9. The highest BCUT2D eigenvalue weighted by Crippen LogP contribution is 2.48. The third-order valence-electron chi connectivity index (χ3n) is 16.4. The number of ether oxygens (including phenoxy) is 4. The van der Waals surface area contributed by atoms with E-state index in [1.165, 1.54) is 55.4 Å². The predicted molar refractivity (Wildman–Crippen MR) is 301 cm³/mol. The summed E-state index contributed by atoms with van der Waals surface area (Å²) in [6, 6.07) is 45.2. The minimum atomic E-state index is -0.193. The molecule has 352 valence electrons. The molecule has 8 aromatic carbocycles. The van der Waals surface area contributed by atoms with Crippen molar-refractivity contribution in [2.45, 2.75) is 99.3 Å². The van der Waals surface area contributed by atoms with Crippen LogP contribution in [0.4, 0.5) is 28.4 Å². The fourth-order valence-electron chi connectivity index (χ4n) is 12.8. The van der Waals surface area contributed by atoms with Gasteiger partial charge < -0.3 is 29.2 Å². The van der Waals surface area contributed by atoms with Crippen molar-refractivity contribution in [2.75, 3.05) is 10.2 Å². The Morgan fingerprint density at radius 1 is 0.375 bits per heavy atom. The van der Waals surface area contributed by atoms with Crippen LogP contribution < -0.4 is 78.3 Å². The Hall–Kier alpha value is -7.25. The van der Waals surface area contributed by atoms with Gasteiger partial charge in [-0.2, -0.15) is 0 Å². The van der Waals surface area contributed by atoms with E-state index in [0.717, 1.165) is 102 Å². The molecule has 6 aliphatic rings. The van der Waals surface area contributed by atoms with Gasteiger partial charge in [0.05, 0.1) is 5.69 Å². The summed E-state index contributed by atoms with van der Waals surface area (Å²) in [5, 5.41) is 3.94. The van der Waals surface area contributed by atoms with E-state index in [1.807, 2.05) is 0 Å². The van der Waals surface area contributed by atoms with E-state index in [-0.39, 0.29) is 36.4 Å². The van der Waals surface area contributed by atoms with Gasteiger partial charge in [0.1, 0.15) is 46.0 Å². The molecule has 1 N–H and O–H groups in total. The Labute approximate surface area is 425 Å². The molecular weight excluding hydrogens is 881 g/mol. The van der Waals surface area contributed by atoms with Crippen LogP contribution in [0.25, 0.3) is 0 Å². The largest absolute Gasteiger partial charge is 0.458 e. The molecule has 0 fully saturated rings. The monoisotopic (exact) mass is 938 g/mol. The summed E-state index contributed by atoms with van der Waals surface area (Å²) in [4.78, 5) is 2.53. The molecule has 0 amide bonds. The van der Waals surface area contributed by atoms with Gasteiger partial charge in [0.15, 0.2) is 0 Å². The summed E-state index contributed by atoms with van der Waals surface area (Å²) < 4.78 is 28.5. The zero-order chi connectivity index (χ0) is 49.7. The average Bonchev–Trinajstić information content (AvgIpc) is 3.31. The van der Waals surface area contributed by atoms with Crippen molar-refractivity contribution in [3.63, 3.8) is 0 Å². The first kappa shape index (κ1) is 43.5. The maximum atomic E-state index is 7.40. The van der Waals surface area contributed by atoms with Gasteiger partial charge in [0.25, 0.3) is 20.1 Å². The molecule has 6 nitrogen and oxygen atoms in total. The molecule has 0 aliphatic carbocycles. The number of anilines is 5. The van der Waals surface area contributed by atoms with Crippen LogP contribution in [-0.2, 0) is 16.2 Å². The smallest absolute Gasteiger partial charge is 0.260 e. The lowest BCUT2D eigenvalue weighted by atomic mass is 9.30. The van der Waals surface area contributed by atoms with E-state index in [4.69, 9.17) is 18.9 Å². The minimum Gasteiger partial charge on any atom is -0.458 e. The lowest BCUT2D eigenvalue weighted by Crippen LogP contribution is -2.64. The molecule has 0 radical (unpaired) electrons. The predicted octanol–water partition coefficient (Wildman–Crippen LogP) is 10.3. The molecular formula is C63H57B3N2O4. The molecule has 0 unspecified atom stereocenters. The van der Waals surface area contributed by atoms with Gasteiger partial charge in [-0.15, -0.1) is 0 Å². The summed E-state index contributed by atoms with van der Waals surface area (Å²) in [5.74, 6) is 7.01. The van der Waals surface area contributed by atoms with Crippen LogP contribution >= 0.6 is 0 Å². The van der Waals surface area contributed by atoms with E-state index in [0.29, 0.717) is 0 Å². The molecule has 0 bridgehead atoms. The second-order valence-corrected chi connectivity index (χ2v) is 24.4. The van der Waals surface area contributed by atoms with Crippen LogP contribution in [0.2, 0.25) is 0 Å². The summed E-state index contributed by atoms with van der Waals surface area (Å²) in [6.45, 7) is 26.8. The van der Waals surface area contributed by atoms with E-state index in [2.05, 4.69) is 215 Å². The van der Waals surface area contributed by atoms with Gasteiger partial charge in [0.2, 0.25) is 0 Å². The van der Waals surface area contributed by atoms with E-state index in [1.54, 1.807) is 0 Å². The molecule has 6 aliphatic heterocycles. The number of hydrogen-bond donors (Lipinski definition) is 1. The van der Waals surface area contributed by atoms with Gasteiger partial charge >= 0.3 is 0 Å². The van der Waals surface area contributed by atoms with E-state index >= 15 is 0 Å². The zero-order valence-electron chi connectivity index (χ0n) is 43.4. The summed E-state index contributed by atoms with van der Waals surface area (Å²) >= 11 is 0. The number of aryl methyl sites for hydroxylation is 3. The van der Waals surface area contributed by atoms with Crippen molar-refractivity contribution in [1.29, 1.82) is 0 Å². The number of fused-ring (bicyclic) bond motifs is 12. The van der Waals surface area contributed by atoms with Crippen LogP contribution in [-0.4, -0.2) is 20.1 Å². The molecule has 6 heterocycles. The first-order valence-electron chi connectivity index (χ1n) is 25.7. The molecule has 9 heteroatoms. The fourth-order valence-corrected chi connectivity index (χ4v) is 12.8. The van der Waals surface area contributed by atoms with Crippen molar-refractivity contribution >= 4 is 97.7 Å². The van der Waals surface area contributed by atoms with Gasteiger partial charge in [-0.3, -0.25) is 0 Å². The third-order valence-corrected chi connectivity index (χ3v) is 16.4. The van der Waals surface area contributed by atoms with Gasteiger partial charge in [-0.25, -0.2) is 0 Å². The molecule has 0 saturated heterocycles. The van der Waals surface area contributed by atoms with E-state index < -0.39 is 0 Å². The highest BCUT2D eigenvalue weighted by atomic mass is 16.5. The number of hydrogen-bond acceptors (Lipinski definition) is 6. The SMILES string of the molecule is Cc1cc(C)c(N2c3cc4c(cc3B3c5ccccc5Oc5cc(C(C)(C)C)cc2c53)B2c3cc5c(cc3Oc3cc(C(C)(C)C)cc(c32)O4)Nc2cc(C(C)(C)C)cc3c2B5c2ccccc2O3)c(C)c1. The van der Waals surface area contributed by atoms with Gasteiger partial charge in [0, 0.05) is 40.3 Å². The fraction of sp³-hybridized carbons (Fsp3) is 0.238. The topological polar surface area (TPSA) is 52.2 Å². The normalized spacial score (nSPS) is 14.8. The van der Waals surface area contributed by atoms with Crippen LogP contribution in [0.3, 0.4) is 0 Å². The molecule has 14 rings (SSSR count). The highest BCUT2D eigenvalue weighted by molar-refractivity contribution is 7.03. The Morgan fingerprint density at radius 2 is 0.833 bits per heavy atom. The average molecular weight is 939 g/mol. The first-order valence-corrected chi connectivity index (χ1v) is 25.7. The Kier molecular flexibility index (Phi) is 8.75. The van der Waals surface area contributed by atoms with E-state index in [9.17, 15) is 0 Å². The molecule has 0 spiro atoms. The van der Waals surface area contributed by atoms with Crippen molar-refractivity contribution in [3.8, 4) is 46.0 Å². The lowest BCUT2D eigenvalue weighted by Gasteiger charge is -2.43. The molecule has 72 heavy (non-hydrogen) atoms. The van der Waals surface area contributed by atoms with Crippen molar-refractivity contribution < 1.29 is 18.9 Å². The lowest BCUT2D eigenvalue weighted by molar-refractivity contribution is 0.458. The molecule has 8 aromatic rings. The minimum absolute atomic E-state index is 0.0521. The number of benzene rings is 8. The van der Waals surface area contributed by atoms with Crippen molar-refractivity contribution in [3.05, 3.63) is 155 Å². The quantitative estimate of drug-likeness (QED) is 0.166. The Morgan fingerprint density at radius 3 is 1.42 bits per heavy atom. The molecule has 0 atom stereocenters. The third kappa shape index (κ3) is 6.18. The summed E-state index contributed by atoms with van der Waals surface area (Å²) in [7, 11) is 0. The van der Waals surface area contributed by atoms with Crippen LogP contribution in [0.5, 0.6) is 46.0 Å². The first-order chi connectivity index (χ1) is 34.3. The second kappa shape index (κ2) is 14.5. The number of para-hydroxylation sites is 2. The highest BCUT2D eigenvalue weighted by Gasteiger charge is 2.49. The standard InChI is InChI=1S/C63H57B3N2O4/c1-33-21-34(2)60(35(3)22-33)68-47-32-52-44(30-42(47)65-40-18-14-16-20-50(40)70-54-26-37(62(7,8)9)24-48(68)58(54)65)66-43-29-41-45(31-51(43)71-55-27-38(63(10,11)12)28-56(72-52)59(55)66)67-46-23-36(61(4,5)6)25-53-57(46)64(41)39-17-13-15-19-49(39)69-53/h13-32,67H,1-12H3. The Bertz CT molecular complexity index is 3740. The number of nitrogens with one attached hydrogen (secondary N) is 1. The van der Waals surface area contributed by atoms with Crippen LogP contribution in [0.15, 0.2) is 121 Å². The molecule has 0 saturated carbocycles. The second-order valence-electron chi connectivity index (χ2n) is 24.4. The zero-order valence-corrected chi connectivity index (χ0v) is 43.4. The maximum Gasteiger partial charge on any atom is 0.260 e. The van der Waals surface area contributed by atoms with Gasteiger partial charge in [-0.05, 0) is 157 Å². The van der Waals surface area contributed by atoms with Crippen molar-refractivity contribution in [1.82, 2.24) is 0 Å². The van der Waals surface area contributed by atoms with Crippen LogP contribution in [0.1, 0.15) is 95.7 Å². The number of nitrogens with zero attached hydrogens (tertiary/aromatic N) is 1. The van der Waals surface area contributed by atoms with Crippen molar-refractivity contribution in [2.24, 2.45) is 0 Å². The van der Waals surface area contributed by atoms with Gasteiger partial charge in [-0.1, -0.05) is 129 Å². The Balaban J connectivity index is 1.05. The maximum absolute atomic E-state index is 7.40. The van der Waals surface area contributed by atoms with Crippen LogP contribution in [0, 0.1) is 20.8 Å². The summed E-state index contributed by atoms with van der Waals surface area (Å²) in [6.07, 6.45) is 0. The molecule has 0 aromatic heterocycles. The number of rotatable bonds is 1.